The van der Waals surface area contributed by atoms with Gasteiger partial charge in [-0.1, -0.05) is 65.8 Å². The number of benzene rings is 2. The third kappa shape index (κ3) is 2.18. The van der Waals surface area contributed by atoms with E-state index in [-0.39, 0.29) is 0 Å². The van der Waals surface area contributed by atoms with Gasteiger partial charge in [0, 0.05) is 17.5 Å². The van der Waals surface area contributed by atoms with Crippen molar-refractivity contribution >= 4 is 0 Å². The van der Waals surface area contributed by atoms with Crippen molar-refractivity contribution in [2.24, 2.45) is 0 Å². The Balaban J connectivity index is 1.93. The predicted molar refractivity (Wildman–Crippen MR) is 71.2 cm³/mol. The first-order valence-corrected chi connectivity index (χ1v) is 5.96. The standard InChI is InChI=1S/C16H13NO/c1-3-7-13(8-4-1)11-15-12-18-17-16(15)14-9-5-2-6-10-14/h1-10,12H,11H2. The van der Waals surface area contributed by atoms with E-state index in [0.717, 1.165) is 23.2 Å². The fourth-order valence-corrected chi connectivity index (χ4v) is 2.03. The summed E-state index contributed by atoms with van der Waals surface area (Å²) < 4.78 is 5.12. The molecule has 0 atom stereocenters. The number of aromatic nitrogens is 1. The Morgan fingerprint density at radius 2 is 1.50 bits per heavy atom. The van der Waals surface area contributed by atoms with Gasteiger partial charge in [0.15, 0.2) is 0 Å². The molecule has 0 aliphatic carbocycles. The highest BCUT2D eigenvalue weighted by Crippen LogP contribution is 2.23. The molecule has 18 heavy (non-hydrogen) atoms. The molecule has 0 saturated heterocycles. The van der Waals surface area contributed by atoms with Crippen LogP contribution in [0.5, 0.6) is 0 Å². The van der Waals surface area contributed by atoms with Gasteiger partial charge >= 0.3 is 0 Å². The molecule has 0 aliphatic heterocycles. The molecule has 0 amide bonds. The summed E-state index contributed by atoms with van der Waals surface area (Å²) in [7, 11) is 0. The van der Waals surface area contributed by atoms with E-state index in [1.165, 1.54) is 5.56 Å². The van der Waals surface area contributed by atoms with E-state index < -0.39 is 0 Å². The molecule has 0 spiro atoms. The number of nitrogens with zero attached hydrogens (tertiary/aromatic N) is 1. The van der Waals surface area contributed by atoms with Crippen LogP contribution in [0.15, 0.2) is 71.4 Å². The van der Waals surface area contributed by atoms with Gasteiger partial charge in [-0.2, -0.15) is 0 Å². The first kappa shape index (κ1) is 10.8. The van der Waals surface area contributed by atoms with Crippen molar-refractivity contribution in [3.8, 4) is 11.3 Å². The van der Waals surface area contributed by atoms with E-state index in [1.54, 1.807) is 6.26 Å². The molecule has 3 rings (SSSR count). The van der Waals surface area contributed by atoms with Gasteiger partial charge < -0.3 is 4.52 Å². The van der Waals surface area contributed by atoms with Crippen molar-refractivity contribution in [2.45, 2.75) is 6.42 Å². The second-order valence-corrected chi connectivity index (χ2v) is 4.22. The largest absolute Gasteiger partial charge is 0.364 e. The van der Waals surface area contributed by atoms with E-state index in [2.05, 4.69) is 17.3 Å². The molecular weight excluding hydrogens is 222 g/mol. The molecule has 0 bridgehead atoms. The Morgan fingerprint density at radius 3 is 2.22 bits per heavy atom. The summed E-state index contributed by atoms with van der Waals surface area (Å²) in [6, 6.07) is 20.5. The lowest BCUT2D eigenvalue weighted by molar-refractivity contribution is 0.421. The van der Waals surface area contributed by atoms with Gasteiger partial charge in [0.2, 0.25) is 0 Å². The van der Waals surface area contributed by atoms with Crippen LogP contribution in [0.2, 0.25) is 0 Å². The second kappa shape index (κ2) is 4.88. The zero-order valence-corrected chi connectivity index (χ0v) is 9.91. The molecule has 0 fully saturated rings. The Kier molecular flexibility index (Phi) is 2.92. The zero-order valence-electron chi connectivity index (χ0n) is 9.91. The Bertz CT molecular complexity index is 614. The van der Waals surface area contributed by atoms with Crippen molar-refractivity contribution in [1.82, 2.24) is 5.16 Å². The maximum Gasteiger partial charge on any atom is 0.127 e. The van der Waals surface area contributed by atoms with Crippen LogP contribution < -0.4 is 0 Å². The van der Waals surface area contributed by atoms with Gasteiger partial charge in [0.1, 0.15) is 12.0 Å². The van der Waals surface area contributed by atoms with Gasteiger partial charge in [0.05, 0.1) is 0 Å². The van der Waals surface area contributed by atoms with E-state index in [0.29, 0.717) is 0 Å². The van der Waals surface area contributed by atoms with Crippen LogP contribution in [0.4, 0.5) is 0 Å². The van der Waals surface area contributed by atoms with Crippen LogP contribution in [0.25, 0.3) is 11.3 Å². The minimum absolute atomic E-state index is 0.842. The lowest BCUT2D eigenvalue weighted by Crippen LogP contribution is -1.89. The van der Waals surface area contributed by atoms with Crippen molar-refractivity contribution in [2.75, 3.05) is 0 Å². The van der Waals surface area contributed by atoms with Crippen LogP contribution in [0.3, 0.4) is 0 Å². The molecule has 2 aromatic carbocycles. The SMILES string of the molecule is c1ccc(Cc2conc2-c2ccccc2)cc1. The van der Waals surface area contributed by atoms with Gasteiger partial charge in [-0.25, -0.2) is 0 Å². The predicted octanol–water partition coefficient (Wildman–Crippen LogP) is 3.93. The number of hydrogen-bond donors (Lipinski definition) is 0. The molecule has 2 heteroatoms. The van der Waals surface area contributed by atoms with Crippen LogP contribution in [-0.4, -0.2) is 5.16 Å². The molecule has 1 heterocycles. The molecule has 88 valence electrons. The summed E-state index contributed by atoms with van der Waals surface area (Å²) in [5, 5.41) is 4.11. The molecule has 0 aliphatic rings. The number of hydrogen-bond acceptors (Lipinski definition) is 2. The lowest BCUT2D eigenvalue weighted by Gasteiger charge is -2.01. The fourth-order valence-electron chi connectivity index (χ4n) is 2.03. The average molecular weight is 235 g/mol. The molecule has 3 aromatic rings. The molecule has 2 nitrogen and oxygen atoms in total. The highest BCUT2D eigenvalue weighted by Gasteiger charge is 2.10. The Morgan fingerprint density at radius 1 is 0.833 bits per heavy atom. The summed E-state index contributed by atoms with van der Waals surface area (Å²) in [4.78, 5) is 0. The maximum absolute atomic E-state index is 5.12. The third-order valence-electron chi connectivity index (χ3n) is 2.93. The third-order valence-corrected chi connectivity index (χ3v) is 2.93. The van der Waals surface area contributed by atoms with Crippen molar-refractivity contribution < 1.29 is 4.52 Å². The van der Waals surface area contributed by atoms with Gasteiger partial charge in [-0.05, 0) is 5.56 Å². The van der Waals surface area contributed by atoms with Gasteiger partial charge in [-0.15, -0.1) is 0 Å². The van der Waals surface area contributed by atoms with Crippen LogP contribution in [-0.2, 0) is 6.42 Å². The van der Waals surface area contributed by atoms with Crippen LogP contribution in [0, 0.1) is 0 Å². The molecule has 0 N–H and O–H groups in total. The molecule has 0 saturated carbocycles. The summed E-state index contributed by atoms with van der Waals surface area (Å²) in [6.45, 7) is 0. The Labute approximate surface area is 106 Å². The lowest BCUT2D eigenvalue weighted by atomic mass is 10.0. The first-order chi connectivity index (χ1) is 8.93. The molecule has 0 unspecified atom stereocenters. The zero-order chi connectivity index (χ0) is 12.2. The maximum atomic E-state index is 5.12. The normalized spacial score (nSPS) is 10.4. The van der Waals surface area contributed by atoms with Crippen molar-refractivity contribution in [1.29, 1.82) is 0 Å². The Hall–Kier alpha value is -2.35. The quantitative estimate of drug-likeness (QED) is 0.687. The summed E-state index contributed by atoms with van der Waals surface area (Å²) in [5.74, 6) is 0. The smallest absolute Gasteiger partial charge is 0.127 e. The highest BCUT2D eigenvalue weighted by atomic mass is 16.5. The van der Waals surface area contributed by atoms with Crippen molar-refractivity contribution in [3.63, 3.8) is 0 Å². The van der Waals surface area contributed by atoms with Crippen LogP contribution in [0.1, 0.15) is 11.1 Å². The van der Waals surface area contributed by atoms with Gasteiger partial charge in [0.25, 0.3) is 0 Å². The topological polar surface area (TPSA) is 26.0 Å². The summed E-state index contributed by atoms with van der Waals surface area (Å²) >= 11 is 0. The first-order valence-electron chi connectivity index (χ1n) is 5.96. The summed E-state index contributed by atoms with van der Waals surface area (Å²) in [5.41, 5.74) is 4.40. The summed E-state index contributed by atoms with van der Waals surface area (Å²) in [6.07, 6.45) is 2.57. The molecule has 1 aromatic heterocycles. The second-order valence-electron chi connectivity index (χ2n) is 4.22. The van der Waals surface area contributed by atoms with E-state index in [4.69, 9.17) is 4.52 Å². The molecular formula is C16H13NO. The van der Waals surface area contributed by atoms with E-state index in [1.807, 2.05) is 48.5 Å². The van der Waals surface area contributed by atoms with Crippen molar-refractivity contribution in [3.05, 3.63) is 78.1 Å². The van der Waals surface area contributed by atoms with E-state index >= 15 is 0 Å². The highest BCUT2D eigenvalue weighted by molar-refractivity contribution is 5.62. The number of rotatable bonds is 3. The molecule has 0 radical (unpaired) electrons. The monoisotopic (exact) mass is 235 g/mol. The van der Waals surface area contributed by atoms with E-state index in [9.17, 15) is 0 Å². The fraction of sp³-hybridized carbons (Fsp3) is 0.0625. The van der Waals surface area contributed by atoms with Crippen LogP contribution >= 0.6 is 0 Å². The minimum Gasteiger partial charge on any atom is -0.364 e. The average Bonchev–Trinajstić information content (AvgIpc) is 2.89. The van der Waals surface area contributed by atoms with Gasteiger partial charge in [-0.3, -0.25) is 0 Å². The minimum atomic E-state index is 0.842.